The van der Waals surface area contributed by atoms with Crippen molar-refractivity contribution in [3.05, 3.63) is 63.1 Å². The van der Waals surface area contributed by atoms with Crippen LogP contribution in [0.4, 0.5) is 5.69 Å². The Hall–Kier alpha value is -1.26. The summed E-state index contributed by atoms with van der Waals surface area (Å²) in [6, 6.07) is 12.0. The number of hydrogen-bond donors (Lipinski definition) is 1. The molecule has 0 bridgehead atoms. The molecule has 0 saturated carbocycles. The predicted molar refractivity (Wildman–Crippen MR) is 106 cm³/mol. The first-order valence-corrected chi connectivity index (χ1v) is 9.70. The average molecular weight is 392 g/mol. The second-order valence-corrected chi connectivity index (χ2v) is 8.75. The lowest BCUT2D eigenvalue weighted by Gasteiger charge is -2.43. The van der Waals surface area contributed by atoms with Crippen LogP contribution in [0.25, 0.3) is 0 Å². The summed E-state index contributed by atoms with van der Waals surface area (Å²) in [5.74, 6) is 0. The molecule has 0 aliphatic carbocycles. The van der Waals surface area contributed by atoms with Crippen molar-refractivity contribution in [1.29, 1.82) is 0 Å². The van der Waals surface area contributed by atoms with E-state index in [0.29, 0.717) is 23.3 Å². The summed E-state index contributed by atoms with van der Waals surface area (Å²) in [6.45, 7) is 7.80. The van der Waals surface area contributed by atoms with Crippen LogP contribution in [-0.4, -0.2) is 19.3 Å². The van der Waals surface area contributed by atoms with Crippen molar-refractivity contribution >= 4 is 28.9 Å². The van der Waals surface area contributed by atoms with Gasteiger partial charge in [0.1, 0.15) is 12.2 Å². The minimum Gasteiger partial charge on any atom is -0.375 e. The third kappa shape index (κ3) is 3.11. The standard InChI is InChI=1S/C21H23Cl2NO2/c1-21(2,3)12-7-8-16-13(11-12)19-20(26-10-9-25-19)18(24-16)17-14(22)5-4-6-15(17)23/h4-8,11,18-20,24H,9-10H2,1-3H3. The van der Waals surface area contributed by atoms with Crippen LogP contribution in [0, 0.1) is 0 Å². The van der Waals surface area contributed by atoms with Gasteiger partial charge in [-0.1, -0.05) is 62.2 Å². The molecule has 2 aliphatic rings. The van der Waals surface area contributed by atoms with Crippen molar-refractivity contribution in [2.24, 2.45) is 0 Å². The number of anilines is 1. The van der Waals surface area contributed by atoms with E-state index in [1.165, 1.54) is 5.56 Å². The molecule has 0 spiro atoms. The van der Waals surface area contributed by atoms with Gasteiger partial charge in [-0.25, -0.2) is 0 Å². The van der Waals surface area contributed by atoms with E-state index in [0.717, 1.165) is 16.8 Å². The van der Waals surface area contributed by atoms with Crippen LogP contribution in [0.3, 0.4) is 0 Å². The summed E-state index contributed by atoms with van der Waals surface area (Å²) in [6.07, 6.45) is -0.316. The van der Waals surface area contributed by atoms with Gasteiger partial charge < -0.3 is 14.8 Å². The minimum absolute atomic E-state index is 0.0724. The van der Waals surface area contributed by atoms with E-state index in [1.807, 2.05) is 18.2 Å². The molecule has 1 N–H and O–H groups in total. The Morgan fingerprint density at radius 2 is 1.69 bits per heavy atom. The molecular weight excluding hydrogens is 369 g/mol. The number of rotatable bonds is 1. The summed E-state index contributed by atoms with van der Waals surface area (Å²) in [5, 5.41) is 4.87. The molecule has 2 aliphatic heterocycles. The van der Waals surface area contributed by atoms with Gasteiger partial charge in [0.15, 0.2) is 0 Å². The smallest absolute Gasteiger partial charge is 0.113 e. The van der Waals surface area contributed by atoms with Crippen LogP contribution in [0.5, 0.6) is 0 Å². The highest BCUT2D eigenvalue weighted by atomic mass is 35.5. The molecule has 26 heavy (non-hydrogen) atoms. The second-order valence-electron chi connectivity index (χ2n) is 7.94. The predicted octanol–water partition coefficient (Wildman–Crippen LogP) is 5.91. The van der Waals surface area contributed by atoms with Crippen LogP contribution in [-0.2, 0) is 14.9 Å². The maximum absolute atomic E-state index is 6.49. The van der Waals surface area contributed by atoms with E-state index >= 15 is 0 Å². The Balaban J connectivity index is 1.82. The number of halogens is 2. The van der Waals surface area contributed by atoms with Crippen molar-refractivity contribution in [3.8, 4) is 0 Å². The zero-order chi connectivity index (χ0) is 18.5. The van der Waals surface area contributed by atoms with Crippen LogP contribution in [0.15, 0.2) is 36.4 Å². The van der Waals surface area contributed by atoms with E-state index in [1.54, 1.807) is 0 Å². The molecule has 0 radical (unpaired) electrons. The third-order valence-corrected chi connectivity index (χ3v) is 5.82. The number of nitrogens with one attached hydrogen (secondary N) is 1. The van der Waals surface area contributed by atoms with E-state index in [4.69, 9.17) is 32.7 Å². The van der Waals surface area contributed by atoms with Gasteiger partial charge in [-0.15, -0.1) is 0 Å². The third-order valence-electron chi connectivity index (χ3n) is 5.16. The van der Waals surface area contributed by atoms with Crippen LogP contribution in [0.1, 0.15) is 49.6 Å². The summed E-state index contributed by atoms with van der Waals surface area (Å²) in [5.41, 5.74) is 4.40. The van der Waals surface area contributed by atoms with Gasteiger partial charge in [-0.3, -0.25) is 0 Å². The van der Waals surface area contributed by atoms with E-state index in [2.05, 4.69) is 44.3 Å². The summed E-state index contributed by atoms with van der Waals surface area (Å²) in [7, 11) is 0. The number of hydrogen-bond acceptors (Lipinski definition) is 3. The average Bonchev–Trinajstić information content (AvgIpc) is 2.60. The normalized spacial score (nSPS) is 25.2. The van der Waals surface area contributed by atoms with E-state index in [-0.39, 0.29) is 23.7 Å². The van der Waals surface area contributed by atoms with Crippen LogP contribution < -0.4 is 5.32 Å². The topological polar surface area (TPSA) is 30.5 Å². The van der Waals surface area contributed by atoms with E-state index in [9.17, 15) is 0 Å². The Morgan fingerprint density at radius 1 is 1.00 bits per heavy atom. The molecule has 1 saturated heterocycles. The summed E-state index contributed by atoms with van der Waals surface area (Å²) in [4.78, 5) is 0. The number of ether oxygens (including phenoxy) is 2. The summed E-state index contributed by atoms with van der Waals surface area (Å²) < 4.78 is 12.3. The van der Waals surface area contributed by atoms with E-state index < -0.39 is 0 Å². The van der Waals surface area contributed by atoms with Gasteiger partial charge in [0.05, 0.1) is 19.3 Å². The van der Waals surface area contributed by atoms with Gasteiger partial charge in [0, 0.05) is 26.9 Å². The molecule has 0 aromatic heterocycles. The second kappa shape index (κ2) is 6.72. The number of fused-ring (bicyclic) bond motifs is 3. The molecule has 3 unspecified atom stereocenters. The lowest BCUT2D eigenvalue weighted by atomic mass is 9.82. The van der Waals surface area contributed by atoms with Crippen molar-refractivity contribution < 1.29 is 9.47 Å². The van der Waals surface area contributed by atoms with Gasteiger partial charge in [-0.2, -0.15) is 0 Å². The molecule has 2 aromatic carbocycles. The maximum Gasteiger partial charge on any atom is 0.113 e. The van der Waals surface area contributed by atoms with Gasteiger partial charge in [0.25, 0.3) is 0 Å². The first-order chi connectivity index (χ1) is 12.4. The molecule has 2 heterocycles. The Morgan fingerprint density at radius 3 is 2.38 bits per heavy atom. The minimum atomic E-state index is -0.177. The first kappa shape index (κ1) is 18.1. The fourth-order valence-corrected chi connectivity index (χ4v) is 4.40. The highest BCUT2D eigenvalue weighted by Gasteiger charge is 2.42. The molecule has 0 amide bonds. The summed E-state index contributed by atoms with van der Waals surface area (Å²) >= 11 is 13.0. The zero-order valence-electron chi connectivity index (χ0n) is 15.2. The largest absolute Gasteiger partial charge is 0.375 e. The zero-order valence-corrected chi connectivity index (χ0v) is 16.7. The molecule has 138 valence electrons. The lowest BCUT2D eigenvalue weighted by Crippen LogP contribution is -2.43. The lowest BCUT2D eigenvalue weighted by molar-refractivity contribution is -0.151. The molecular formula is C21H23Cl2NO2. The molecule has 3 nitrogen and oxygen atoms in total. The molecule has 5 heteroatoms. The van der Waals surface area contributed by atoms with Gasteiger partial charge >= 0.3 is 0 Å². The Labute approximate surface area is 164 Å². The maximum atomic E-state index is 6.49. The molecule has 1 fully saturated rings. The van der Waals surface area contributed by atoms with Crippen LogP contribution in [0.2, 0.25) is 10.0 Å². The Bertz CT molecular complexity index is 811. The van der Waals surface area contributed by atoms with Crippen molar-refractivity contribution in [2.45, 2.75) is 44.4 Å². The SMILES string of the molecule is CC(C)(C)c1ccc2c(c1)C1OCCOC1C(c1c(Cl)cccc1Cl)N2. The molecule has 4 rings (SSSR count). The highest BCUT2D eigenvalue weighted by molar-refractivity contribution is 6.36. The highest BCUT2D eigenvalue weighted by Crippen LogP contribution is 2.47. The fourth-order valence-electron chi connectivity index (χ4n) is 3.77. The Kier molecular flexibility index (Phi) is 4.68. The molecule has 2 aromatic rings. The van der Waals surface area contributed by atoms with Crippen molar-refractivity contribution in [1.82, 2.24) is 0 Å². The van der Waals surface area contributed by atoms with Gasteiger partial charge in [-0.05, 0) is 29.2 Å². The van der Waals surface area contributed by atoms with Crippen molar-refractivity contribution in [2.75, 3.05) is 18.5 Å². The number of benzene rings is 2. The fraction of sp³-hybridized carbons (Fsp3) is 0.429. The van der Waals surface area contributed by atoms with Crippen LogP contribution >= 0.6 is 23.2 Å². The molecule has 3 atom stereocenters. The van der Waals surface area contributed by atoms with Gasteiger partial charge in [0.2, 0.25) is 0 Å². The van der Waals surface area contributed by atoms with Crippen molar-refractivity contribution in [3.63, 3.8) is 0 Å². The first-order valence-electron chi connectivity index (χ1n) is 8.94. The monoisotopic (exact) mass is 391 g/mol. The quantitative estimate of drug-likeness (QED) is 0.654.